The van der Waals surface area contributed by atoms with E-state index in [1.54, 1.807) is 36.4 Å². The third kappa shape index (κ3) is 4.36. The van der Waals surface area contributed by atoms with Crippen molar-refractivity contribution >= 4 is 41.4 Å². The molecular weight excluding hydrogens is 415 g/mol. The lowest BCUT2D eigenvalue weighted by Crippen LogP contribution is -2.30. The molecule has 146 valence electrons. The van der Waals surface area contributed by atoms with E-state index in [4.69, 9.17) is 16.0 Å². The van der Waals surface area contributed by atoms with E-state index in [0.717, 1.165) is 9.80 Å². The third-order valence-corrected chi connectivity index (χ3v) is 5.35. The van der Waals surface area contributed by atoms with Gasteiger partial charge in [0.25, 0.3) is 5.91 Å². The lowest BCUT2D eigenvalue weighted by molar-refractivity contribution is -0.123. The van der Waals surface area contributed by atoms with Gasteiger partial charge in [0.2, 0.25) is 0 Å². The monoisotopic (exact) mass is 428 g/mol. The van der Waals surface area contributed by atoms with Crippen molar-refractivity contribution < 1.29 is 18.4 Å². The number of imide groups is 1. The molecule has 0 radical (unpaired) electrons. The Morgan fingerprint density at radius 1 is 1.07 bits per heavy atom. The second-order valence-electron chi connectivity index (χ2n) is 6.18. The molecule has 0 unspecified atom stereocenters. The van der Waals surface area contributed by atoms with Gasteiger partial charge in [0.1, 0.15) is 17.3 Å². The molecule has 1 aliphatic heterocycles. The number of amides is 3. The van der Waals surface area contributed by atoms with E-state index in [1.165, 1.54) is 30.0 Å². The summed E-state index contributed by atoms with van der Waals surface area (Å²) in [6.07, 6.45) is 1.45. The first kappa shape index (κ1) is 19.3. The summed E-state index contributed by atoms with van der Waals surface area (Å²) in [5, 5.41) is 3.77. The van der Waals surface area contributed by atoms with Gasteiger partial charge in [-0.25, -0.2) is 9.18 Å². The van der Waals surface area contributed by atoms with Crippen LogP contribution in [0.3, 0.4) is 0 Å². The molecule has 0 aliphatic carbocycles. The van der Waals surface area contributed by atoms with Crippen LogP contribution in [0.25, 0.3) is 6.08 Å². The molecule has 3 amide bonds. The van der Waals surface area contributed by atoms with Crippen LogP contribution in [0.5, 0.6) is 0 Å². The van der Waals surface area contributed by atoms with Crippen LogP contribution in [0.15, 0.2) is 80.8 Å². The molecule has 4 rings (SSSR count). The van der Waals surface area contributed by atoms with Crippen molar-refractivity contribution in [3.63, 3.8) is 0 Å². The minimum absolute atomic E-state index is 0.0729. The van der Waals surface area contributed by atoms with Gasteiger partial charge in [0.15, 0.2) is 5.09 Å². The van der Waals surface area contributed by atoms with Gasteiger partial charge in [-0.2, -0.15) is 0 Å². The molecule has 1 aliphatic rings. The molecular formula is C21H14ClFN2O3S. The summed E-state index contributed by atoms with van der Waals surface area (Å²) in [4.78, 5) is 26.6. The van der Waals surface area contributed by atoms with Gasteiger partial charge in [-0.05, 0) is 42.5 Å². The number of nitrogens with one attached hydrogen (secondary N) is 1. The summed E-state index contributed by atoms with van der Waals surface area (Å²) >= 11 is 7.28. The lowest BCUT2D eigenvalue weighted by atomic mass is 10.2. The smallest absolute Gasteiger partial charge is 0.329 e. The fourth-order valence-electron chi connectivity index (χ4n) is 2.74. The van der Waals surface area contributed by atoms with Gasteiger partial charge >= 0.3 is 6.03 Å². The standard InChI is InChI=1S/C21H14ClFN2O3S/c22-14-5-8-16(9-6-14)29-19-10-7-15(28-19)11-18-20(26)25(21(27)24-18)12-13-3-1-2-4-17(13)23/h1-11H,12H2,(H,24,27). The number of rotatable bonds is 5. The average Bonchev–Trinajstić information content (AvgIpc) is 3.25. The molecule has 3 aromatic rings. The van der Waals surface area contributed by atoms with Crippen molar-refractivity contribution in [1.82, 2.24) is 10.2 Å². The van der Waals surface area contributed by atoms with E-state index in [2.05, 4.69) is 5.32 Å². The number of hydrogen-bond acceptors (Lipinski definition) is 4. The molecule has 1 aromatic heterocycles. The van der Waals surface area contributed by atoms with E-state index >= 15 is 0 Å². The highest BCUT2D eigenvalue weighted by molar-refractivity contribution is 7.99. The quantitative estimate of drug-likeness (QED) is 0.441. The molecule has 1 saturated heterocycles. The van der Waals surface area contributed by atoms with Crippen molar-refractivity contribution in [2.24, 2.45) is 0 Å². The van der Waals surface area contributed by atoms with Crippen molar-refractivity contribution in [3.05, 3.63) is 88.5 Å². The van der Waals surface area contributed by atoms with Crippen LogP contribution in [0.2, 0.25) is 5.02 Å². The number of hydrogen-bond donors (Lipinski definition) is 1. The van der Waals surface area contributed by atoms with E-state index in [-0.39, 0.29) is 17.8 Å². The molecule has 0 atom stereocenters. The largest absolute Gasteiger partial charge is 0.450 e. The van der Waals surface area contributed by atoms with Gasteiger partial charge in [-0.3, -0.25) is 9.69 Å². The minimum atomic E-state index is -0.605. The molecule has 2 heterocycles. The topological polar surface area (TPSA) is 62.6 Å². The third-order valence-electron chi connectivity index (χ3n) is 4.17. The number of carbonyl (C=O) groups excluding carboxylic acids is 2. The van der Waals surface area contributed by atoms with Crippen LogP contribution < -0.4 is 5.32 Å². The number of nitrogens with zero attached hydrogens (tertiary/aromatic N) is 1. The van der Waals surface area contributed by atoms with Crippen LogP contribution in [0.1, 0.15) is 11.3 Å². The summed E-state index contributed by atoms with van der Waals surface area (Å²) in [7, 11) is 0. The van der Waals surface area contributed by atoms with Crippen molar-refractivity contribution in [2.45, 2.75) is 16.5 Å². The summed E-state index contributed by atoms with van der Waals surface area (Å²) < 4.78 is 19.5. The Bertz CT molecular complexity index is 1110. The SMILES string of the molecule is O=C1NC(=Cc2ccc(Sc3ccc(Cl)cc3)o2)C(=O)N1Cc1ccccc1F. The Kier molecular flexibility index (Phi) is 5.42. The normalized spacial score (nSPS) is 15.2. The van der Waals surface area contributed by atoms with Gasteiger partial charge < -0.3 is 9.73 Å². The maximum absolute atomic E-state index is 13.8. The highest BCUT2D eigenvalue weighted by atomic mass is 35.5. The number of urea groups is 1. The highest BCUT2D eigenvalue weighted by Crippen LogP contribution is 2.31. The number of benzene rings is 2. The molecule has 2 aromatic carbocycles. The zero-order valence-electron chi connectivity index (χ0n) is 14.9. The Labute approximate surface area is 175 Å². The van der Waals surface area contributed by atoms with E-state index < -0.39 is 17.8 Å². The highest BCUT2D eigenvalue weighted by Gasteiger charge is 2.34. The molecule has 29 heavy (non-hydrogen) atoms. The van der Waals surface area contributed by atoms with Crippen LogP contribution in [-0.4, -0.2) is 16.8 Å². The average molecular weight is 429 g/mol. The molecule has 0 bridgehead atoms. The second-order valence-corrected chi connectivity index (χ2v) is 7.70. The maximum atomic E-state index is 13.8. The first-order valence-electron chi connectivity index (χ1n) is 8.61. The molecule has 0 saturated carbocycles. The fraction of sp³-hybridized carbons (Fsp3) is 0.0476. The van der Waals surface area contributed by atoms with Crippen LogP contribution in [-0.2, 0) is 11.3 Å². The predicted octanol–water partition coefficient (Wildman–Crippen LogP) is 5.32. The summed E-state index contributed by atoms with van der Waals surface area (Å²) in [6.45, 7) is -0.148. The molecule has 0 spiro atoms. The first-order chi connectivity index (χ1) is 14.0. The molecule has 1 N–H and O–H groups in total. The summed E-state index contributed by atoms with van der Waals surface area (Å²) in [5.41, 5.74) is 0.334. The van der Waals surface area contributed by atoms with E-state index in [1.807, 2.05) is 12.1 Å². The van der Waals surface area contributed by atoms with Gasteiger partial charge in [0.05, 0.1) is 6.54 Å². The predicted molar refractivity (Wildman–Crippen MR) is 108 cm³/mol. The Morgan fingerprint density at radius 2 is 1.83 bits per heavy atom. The van der Waals surface area contributed by atoms with E-state index in [9.17, 15) is 14.0 Å². The van der Waals surface area contributed by atoms with Crippen LogP contribution in [0.4, 0.5) is 9.18 Å². The van der Waals surface area contributed by atoms with Gasteiger partial charge in [0, 0.05) is 21.6 Å². The van der Waals surface area contributed by atoms with Gasteiger partial charge in [-0.1, -0.05) is 41.6 Å². The lowest BCUT2D eigenvalue weighted by Gasteiger charge is -2.12. The molecule has 1 fully saturated rings. The molecule has 8 heteroatoms. The van der Waals surface area contributed by atoms with Gasteiger partial charge in [-0.15, -0.1) is 0 Å². The Balaban J connectivity index is 1.48. The van der Waals surface area contributed by atoms with Crippen molar-refractivity contribution in [1.29, 1.82) is 0 Å². The maximum Gasteiger partial charge on any atom is 0.329 e. The fourth-order valence-corrected chi connectivity index (χ4v) is 3.64. The van der Waals surface area contributed by atoms with Crippen LogP contribution >= 0.6 is 23.4 Å². The Morgan fingerprint density at radius 3 is 2.59 bits per heavy atom. The summed E-state index contributed by atoms with van der Waals surface area (Å²) in [6, 6.07) is 16.2. The second kappa shape index (κ2) is 8.14. The summed E-state index contributed by atoms with van der Waals surface area (Å²) in [5.74, 6) is -0.597. The van der Waals surface area contributed by atoms with Crippen molar-refractivity contribution in [3.8, 4) is 0 Å². The molecule has 5 nitrogen and oxygen atoms in total. The minimum Gasteiger partial charge on any atom is -0.450 e. The van der Waals surface area contributed by atoms with Crippen molar-refractivity contribution in [2.75, 3.05) is 0 Å². The zero-order chi connectivity index (χ0) is 20.4. The van der Waals surface area contributed by atoms with E-state index in [0.29, 0.717) is 15.9 Å². The number of halogens is 2. The number of furan rings is 1. The Hall–Kier alpha value is -3.03. The first-order valence-corrected chi connectivity index (χ1v) is 9.80. The van der Waals surface area contributed by atoms with Crippen LogP contribution in [0, 0.1) is 5.82 Å². The zero-order valence-corrected chi connectivity index (χ0v) is 16.5. The number of carbonyl (C=O) groups is 2.